The first-order chi connectivity index (χ1) is 9.10. The average molecular weight is 372 g/mol. The van der Waals surface area contributed by atoms with Crippen LogP contribution in [0.3, 0.4) is 0 Å². The largest absolute Gasteiger partial charge is 0.468 e. The molecular weight excluding hydrogens is 355 g/mol. The topological polar surface area (TPSA) is 43.4 Å². The van der Waals surface area contributed by atoms with Gasteiger partial charge in [0.05, 0.1) is 7.11 Å². The predicted molar refractivity (Wildman–Crippen MR) is 82.8 cm³/mol. The van der Waals surface area contributed by atoms with Crippen LogP contribution in [0.2, 0.25) is 0 Å². The Labute approximate surface area is 127 Å². The molecule has 3 nitrogen and oxygen atoms in total. The van der Waals surface area contributed by atoms with Crippen LogP contribution in [0.5, 0.6) is 0 Å². The highest BCUT2D eigenvalue weighted by molar-refractivity contribution is 14.1. The summed E-state index contributed by atoms with van der Waals surface area (Å²) >= 11 is 2.20. The Balaban J connectivity index is 2.86. The SMILES string of the molecule is C=CCCC(=O)C(Cc1ccccc1I)C(=O)OC. The molecule has 19 heavy (non-hydrogen) atoms. The molecule has 1 rings (SSSR count). The maximum absolute atomic E-state index is 12.1. The van der Waals surface area contributed by atoms with Gasteiger partial charge in [-0.3, -0.25) is 9.59 Å². The highest BCUT2D eigenvalue weighted by atomic mass is 127. The van der Waals surface area contributed by atoms with Crippen LogP contribution in [0, 0.1) is 9.49 Å². The number of rotatable bonds is 7. The lowest BCUT2D eigenvalue weighted by Gasteiger charge is -2.14. The Hall–Kier alpha value is -1.17. The average Bonchev–Trinajstić information content (AvgIpc) is 2.43. The van der Waals surface area contributed by atoms with E-state index in [1.807, 2.05) is 24.3 Å². The van der Waals surface area contributed by atoms with Gasteiger partial charge in [0.2, 0.25) is 0 Å². The zero-order valence-electron chi connectivity index (χ0n) is 10.9. The third-order valence-electron chi connectivity index (χ3n) is 2.85. The van der Waals surface area contributed by atoms with E-state index in [0.29, 0.717) is 19.3 Å². The smallest absolute Gasteiger partial charge is 0.316 e. The highest BCUT2D eigenvalue weighted by Crippen LogP contribution is 2.19. The van der Waals surface area contributed by atoms with Gasteiger partial charge in [0.15, 0.2) is 0 Å². The molecule has 1 atom stereocenters. The second-order valence-corrected chi connectivity index (χ2v) is 5.33. The van der Waals surface area contributed by atoms with Crippen molar-refractivity contribution in [3.63, 3.8) is 0 Å². The minimum atomic E-state index is -0.721. The Morgan fingerprint density at radius 2 is 2.11 bits per heavy atom. The van der Waals surface area contributed by atoms with Crippen molar-refractivity contribution < 1.29 is 14.3 Å². The summed E-state index contributed by atoms with van der Waals surface area (Å²) in [5.41, 5.74) is 0.991. The summed E-state index contributed by atoms with van der Waals surface area (Å²) in [7, 11) is 1.31. The van der Waals surface area contributed by atoms with Gasteiger partial charge in [0, 0.05) is 9.99 Å². The molecular formula is C15H17IO3. The molecule has 0 bridgehead atoms. The molecule has 0 radical (unpaired) electrons. The summed E-state index contributed by atoms with van der Waals surface area (Å²) in [5, 5.41) is 0. The standard InChI is InChI=1S/C15H17IO3/c1-3-4-9-14(17)12(15(18)19-2)10-11-7-5-6-8-13(11)16/h3,5-8,12H,1,4,9-10H2,2H3. The summed E-state index contributed by atoms with van der Waals surface area (Å²) in [4.78, 5) is 23.8. The van der Waals surface area contributed by atoms with Crippen LogP contribution in [-0.2, 0) is 20.7 Å². The van der Waals surface area contributed by atoms with Crippen LogP contribution >= 0.6 is 22.6 Å². The van der Waals surface area contributed by atoms with E-state index in [2.05, 4.69) is 29.2 Å². The van der Waals surface area contributed by atoms with E-state index >= 15 is 0 Å². The zero-order valence-corrected chi connectivity index (χ0v) is 13.1. The van der Waals surface area contributed by atoms with Gasteiger partial charge in [0.25, 0.3) is 0 Å². The molecule has 102 valence electrons. The number of allylic oxidation sites excluding steroid dienone is 1. The van der Waals surface area contributed by atoms with Crippen LogP contribution in [0.15, 0.2) is 36.9 Å². The van der Waals surface area contributed by atoms with Gasteiger partial charge in [-0.25, -0.2) is 0 Å². The maximum atomic E-state index is 12.1. The number of methoxy groups -OCH3 is 1. The zero-order chi connectivity index (χ0) is 14.3. The summed E-state index contributed by atoms with van der Waals surface area (Å²) in [6, 6.07) is 7.72. The number of benzene rings is 1. The number of ether oxygens (including phenoxy) is 1. The number of ketones is 1. The highest BCUT2D eigenvalue weighted by Gasteiger charge is 2.27. The number of Topliss-reactive ketones (excluding diaryl/α,β-unsaturated/α-hetero) is 1. The van der Waals surface area contributed by atoms with E-state index in [1.54, 1.807) is 6.08 Å². The first kappa shape index (κ1) is 15.9. The first-order valence-corrected chi connectivity index (χ1v) is 7.12. The number of carbonyl (C=O) groups is 2. The normalized spacial score (nSPS) is 11.7. The fourth-order valence-electron chi connectivity index (χ4n) is 1.77. The second kappa shape index (κ2) is 8.09. The third kappa shape index (κ3) is 4.78. The molecule has 1 aromatic rings. The molecule has 0 amide bonds. The number of hydrogen-bond acceptors (Lipinski definition) is 3. The fourth-order valence-corrected chi connectivity index (χ4v) is 2.38. The Morgan fingerprint density at radius 1 is 1.42 bits per heavy atom. The molecule has 0 fully saturated rings. The number of hydrogen-bond donors (Lipinski definition) is 0. The lowest BCUT2D eigenvalue weighted by Crippen LogP contribution is -2.27. The second-order valence-electron chi connectivity index (χ2n) is 4.16. The molecule has 1 aromatic carbocycles. The summed E-state index contributed by atoms with van der Waals surface area (Å²) in [5.74, 6) is -1.28. The van der Waals surface area contributed by atoms with E-state index < -0.39 is 11.9 Å². The van der Waals surface area contributed by atoms with Gasteiger partial charge in [-0.1, -0.05) is 24.3 Å². The van der Waals surface area contributed by atoms with E-state index in [-0.39, 0.29) is 5.78 Å². The van der Waals surface area contributed by atoms with Crippen LogP contribution < -0.4 is 0 Å². The minimum Gasteiger partial charge on any atom is -0.468 e. The Bertz CT molecular complexity index is 468. The van der Waals surface area contributed by atoms with Crippen LogP contribution in [0.1, 0.15) is 18.4 Å². The summed E-state index contributed by atoms with van der Waals surface area (Å²) in [6.45, 7) is 3.59. The molecule has 0 saturated carbocycles. The molecule has 0 spiro atoms. The van der Waals surface area contributed by atoms with Crippen molar-refractivity contribution >= 4 is 34.3 Å². The molecule has 0 aliphatic carbocycles. The number of esters is 1. The Morgan fingerprint density at radius 3 is 2.68 bits per heavy atom. The van der Waals surface area contributed by atoms with Crippen molar-refractivity contribution in [3.8, 4) is 0 Å². The lowest BCUT2D eigenvalue weighted by atomic mass is 9.93. The van der Waals surface area contributed by atoms with Crippen LogP contribution in [0.4, 0.5) is 0 Å². The van der Waals surface area contributed by atoms with Crippen molar-refractivity contribution in [2.75, 3.05) is 7.11 Å². The number of carbonyl (C=O) groups excluding carboxylic acids is 2. The van der Waals surface area contributed by atoms with Crippen molar-refractivity contribution in [1.82, 2.24) is 0 Å². The Kier molecular flexibility index (Phi) is 6.77. The van der Waals surface area contributed by atoms with Crippen molar-refractivity contribution in [2.45, 2.75) is 19.3 Å². The minimum absolute atomic E-state index is 0.0913. The van der Waals surface area contributed by atoms with E-state index in [9.17, 15) is 9.59 Å². The summed E-state index contributed by atoms with van der Waals surface area (Å²) in [6.07, 6.45) is 2.98. The van der Waals surface area contributed by atoms with E-state index in [0.717, 1.165) is 9.13 Å². The van der Waals surface area contributed by atoms with Crippen LogP contribution in [0.25, 0.3) is 0 Å². The molecule has 0 saturated heterocycles. The van der Waals surface area contributed by atoms with Gasteiger partial charge >= 0.3 is 5.97 Å². The van der Waals surface area contributed by atoms with Crippen molar-refractivity contribution in [2.24, 2.45) is 5.92 Å². The fraction of sp³-hybridized carbons (Fsp3) is 0.333. The predicted octanol–water partition coefficient (Wildman–Crippen LogP) is 3.16. The molecule has 1 unspecified atom stereocenters. The van der Waals surface area contributed by atoms with Crippen molar-refractivity contribution in [3.05, 3.63) is 46.1 Å². The van der Waals surface area contributed by atoms with Crippen LogP contribution in [-0.4, -0.2) is 18.9 Å². The molecule has 0 aliphatic rings. The summed E-state index contributed by atoms with van der Waals surface area (Å²) < 4.78 is 5.78. The van der Waals surface area contributed by atoms with Gasteiger partial charge in [-0.15, -0.1) is 6.58 Å². The maximum Gasteiger partial charge on any atom is 0.316 e. The molecule has 4 heteroatoms. The van der Waals surface area contributed by atoms with E-state index in [4.69, 9.17) is 4.74 Å². The van der Waals surface area contributed by atoms with Gasteiger partial charge in [-0.05, 0) is 47.1 Å². The molecule has 0 aromatic heterocycles. The lowest BCUT2D eigenvalue weighted by molar-refractivity contribution is -0.149. The van der Waals surface area contributed by atoms with Gasteiger partial charge in [0.1, 0.15) is 11.7 Å². The molecule has 0 heterocycles. The monoisotopic (exact) mass is 372 g/mol. The quantitative estimate of drug-likeness (QED) is 0.320. The van der Waals surface area contributed by atoms with Gasteiger partial charge < -0.3 is 4.74 Å². The molecule has 0 N–H and O–H groups in total. The van der Waals surface area contributed by atoms with Gasteiger partial charge in [-0.2, -0.15) is 0 Å². The first-order valence-electron chi connectivity index (χ1n) is 6.05. The van der Waals surface area contributed by atoms with Crippen molar-refractivity contribution in [1.29, 1.82) is 0 Å². The van der Waals surface area contributed by atoms with E-state index in [1.165, 1.54) is 7.11 Å². The molecule has 0 aliphatic heterocycles. The number of halogens is 1. The third-order valence-corrected chi connectivity index (χ3v) is 3.90.